The molecule has 0 atom stereocenters. The van der Waals surface area contributed by atoms with Crippen molar-refractivity contribution in [2.75, 3.05) is 19.7 Å². The molecule has 1 aromatic rings. The van der Waals surface area contributed by atoms with Gasteiger partial charge in [0.05, 0.1) is 6.20 Å². The van der Waals surface area contributed by atoms with Crippen LogP contribution < -0.4 is 0 Å². The van der Waals surface area contributed by atoms with E-state index in [0.717, 1.165) is 19.3 Å². The minimum atomic E-state index is -0.0408. The molecular formula is C16H22N2O3. The Balaban J connectivity index is 1.93. The Labute approximate surface area is 124 Å². The van der Waals surface area contributed by atoms with Gasteiger partial charge in [0.2, 0.25) is 5.91 Å². The van der Waals surface area contributed by atoms with Crippen LogP contribution in [-0.4, -0.2) is 45.7 Å². The Bertz CT molecular complexity index is 514. The van der Waals surface area contributed by atoms with Crippen LogP contribution in [0, 0.1) is 5.41 Å². The minimum Gasteiger partial charge on any atom is -0.506 e. The molecule has 1 saturated heterocycles. The Kier molecular flexibility index (Phi) is 4.96. The second-order valence-electron chi connectivity index (χ2n) is 5.65. The van der Waals surface area contributed by atoms with Crippen LogP contribution in [0.15, 0.2) is 24.5 Å². The highest BCUT2D eigenvalue weighted by Crippen LogP contribution is 2.34. The van der Waals surface area contributed by atoms with Crippen LogP contribution in [0.3, 0.4) is 0 Å². The van der Waals surface area contributed by atoms with Crippen LogP contribution >= 0.6 is 0 Å². The van der Waals surface area contributed by atoms with E-state index in [2.05, 4.69) is 11.9 Å². The van der Waals surface area contributed by atoms with Gasteiger partial charge in [-0.15, -0.1) is 0 Å². The van der Waals surface area contributed by atoms with Gasteiger partial charge >= 0.3 is 0 Å². The number of amides is 1. The van der Waals surface area contributed by atoms with Gasteiger partial charge in [-0.25, -0.2) is 0 Å². The van der Waals surface area contributed by atoms with Crippen LogP contribution in [0.2, 0.25) is 0 Å². The molecule has 0 saturated carbocycles. The predicted molar refractivity (Wildman–Crippen MR) is 80.6 cm³/mol. The number of aliphatic hydroxyl groups excluding tert-OH is 1. The van der Waals surface area contributed by atoms with Gasteiger partial charge in [-0.1, -0.05) is 6.92 Å². The van der Waals surface area contributed by atoms with Crippen molar-refractivity contribution >= 4 is 12.0 Å². The highest BCUT2D eigenvalue weighted by Gasteiger charge is 2.33. The first-order valence-corrected chi connectivity index (χ1v) is 7.30. The average molecular weight is 290 g/mol. The fourth-order valence-corrected chi connectivity index (χ4v) is 2.63. The van der Waals surface area contributed by atoms with Gasteiger partial charge in [-0.2, -0.15) is 0 Å². The Morgan fingerprint density at radius 1 is 1.43 bits per heavy atom. The van der Waals surface area contributed by atoms with E-state index in [4.69, 9.17) is 0 Å². The first kappa shape index (κ1) is 15.5. The topological polar surface area (TPSA) is 73.7 Å². The lowest BCUT2D eigenvalue weighted by Gasteiger charge is -2.39. The molecule has 114 valence electrons. The summed E-state index contributed by atoms with van der Waals surface area (Å²) in [5, 5.41) is 18.8. The molecule has 5 nitrogen and oxygen atoms in total. The van der Waals surface area contributed by atoms with Crippen LogP contribution in [-0.2, 0) is 4.79 Å². The number of hydrogen-bond acceptors (Lipinski definition) is 4. The van der Waals surface area contributed by atoms with E-state index in [-0.39, 0.29) is 23.7 Å². The summed E-state index contributed by atoms with van der Waals surface area (Å²) in [7, 11) is 0. The molecule has 0 aliphatic carbocycles. The average Bonchev–Trinajstić information content (AvgIpc) is 2.53. The lowest BCUT2D eigenvalue weighted by atomic mass is 9.77. The third-order valence-corrected chi connectivity index (χ3v) is 4.38. The van der Waals surface area contributed by atoms with Gasteiger partial charge in [0, 0.05) is 32.0 Å². The Morgan fingerprint density at radius 2 is 2.14 bits per heavy atom. The minimum absolute atomic E-state index is 0.0182. The van der Waals surface area contributed by atoms with E-state index in [0.29, 0.717) is 18.7 Å². The summed E-state index contributed by atoms with van der Waals surface area (Å²) in [6.45, 7) is 3.63. The van der Waals surface area contributed by atoms with Gasteiger partial charge < -0.3 is 15.1 Å². The molecule has 2 rings (SSSR count). The SMILES string of the molecule is CCC1(CO)CCN(C(=O)/C=C/c2cncc(O)c2)CC1. The molecule has 21 heavy (non-hydrogen) atoms. The molecule has 0 aromatic carbocycles. The third-order valence-electron chi connectivity index (χ3n) is 4.38. The van der Waals surface area contributed by atoms with Crippen LogP contribution in [0.25, 0.3) is 6.08 Å². The maximum atomic E-state index is 12.1. The normalized spacial score (nSPS) is 18.1. The molecule has 1 amide bonds. The number of aliphatic hydroxyl groups is 1. The van der Waals surface area contributed by atoms with E-state index in [1.54, 1.807) is 23.2 Å². The maximum Gasteiger partial charge on any atom is 0.246 e. The second-order valence-corrected chi connectivity index (χ2v) is 5.65. The van der Waals surface area contributed by atoms with Crippen molar-refractivity contribution in [3.05, 3.63) is 30.1 Å². The lowest BCUT2D eigenvalue weighted by Crippen LogP contribution is -2.43. The molecule has 0 bridgehead atoms. The van der Waals surface area contributed by atoms with E-state index in [1.165, 1.54) is 12.3 Å². The zero-order chi connectivity index (χ0) is 15.3. The van der Waals surface area contributed by atoms with E-state index >= 15 is 0 Å². The summed E-state index contributed by atoms with van der Waals surface area (Å²) in [5.74, 6) is 0.0410. The number of pyridine rings is 1. The first-order chi connectivity index (χ1) is 10.1. The van der Waals surface area contributed by atoms with Crippen molar-refractivity contribution in [3.8, 4) is 5.75 Å². The lowest BCUT2D eigenvalue weighted by molar-refractivity contribution is -0.128. The Hall–Kier alpha value is -1.88. The van der Waals surface area contributed by atoms with E-state index in [9.17, 15) is 15.0 Å². The van der Waals surface area contributed by atoms with Gasteiger partial charge in [0.25, 0.3) is 0 Å². The number of carbonyl (C=O) groups excluding carboxylic acids is 1. The number of nitrogens with zero attached hydrogens (tertiary/aromatic N) is 2. The first-order valence-electron chi connectivity index (χ1n) is 7.30. The fraction of sp³-hybridized carbons (Fsp3) is 0.500. The summed E-state index contributed by atoms with van der Waals surface area (Å²) in [4.78, 5) is 17.8. The zero-order valence-corrected chi connectivity index (χ0v) is 12.3. The number of hydrogen-bond donors (Lipinski definition) is 2. The van der Waals surface area contributed by atoms with Crippen molar-refractivity contribution in [2.45, 2.75) is 26.2 Å². The molecule has 1 aliphatic heterocycles. The quantitative estimate of drug-likeness (QED) is 0.829. The van der Waals surface area contributed by atoms with Crippen molar-refractivity contribution in [1.82, 2.24) is 9.88 Å². The molecule has 2 heterocycles. The van der Waals surface area contributed by atoms with Gasteiger partial charge in [-0.3, -0.25) is 9.78 Å². The summed E-state index contributed by atoms with van der Waals surface area (Å²) >= 11 is 0. The molecule has 1 fully saturated rings. The van der Waals surface area contributed by atoms with Gasteiger partial charge in [0.15, 0.2) is 0 Å². The van der Waals surface area contributed by atoms with Crippen molar-refractivity contribution in [1.29, 1.82) is 0 Å². The molecule has 2 N–H and O–H groups in total. The summed E-state index contributed by atoms with van der Waals surface area (Å²) in [5.41, 5.74) is 0.675. The largest absolute Gasteiger partial charge is 0.506 e. The molecule has 0 unspecified atom stereocenters. The number of aromatic hydroxyl groups is 1. The van der Waals surface area contributed by atoms with E-state index in [1.807, 2.05) is 0 Å². The summed E-state index contributed by atoms with van der Waals surface area (Å²) < 4.78 is 0. The van der Waals surface area contributed by atoms with Crippen LogP contribution in [0.1, 0.15) is 31.7 Å². The number of piperidine rings is 1. The second kappa shape index (κ2) is 6.72. The number of rotatable bonds is 4. The maximum absolute atomic E-state index is 12.1. The highest BCUT2D eigenvalue weighted by atomic mass is 16.3. The molecule has 1 aliphatic rings. The predicted octanol–water partition coefficient (Wildman–Crippen LogP) is 1.81. The molecule has 1 aromatic heterocycles. The van der Waals surface area contributed by atoms with Crippen molar-refractivity contribution in [2.24, 2.45) is 5.41 Å². The molecule has 5 heteroatoms. The third kappa shape index (κ3) is 3.82. The summed E-state index contributed by atoms with van der Waals surface area (Å²) in [6, 6.07) is 1.56. The fourth-order valence-electron chi connectivity index (χ4n) is 2.63. The number of aromatic nitrogens is 1. The van der Waals surface area contributed by atoms with Crippen LogP contribution in [0.5, 0.6) is 5.75 Å². The van der Waals surface area contributed by atoms with Crippen molar-refractivity contribution < 1.29 is 15.0 Å². The number of likely N-dealkylation sites (tertiary alicyclic amines) is 1. The van der Waals surface area contributed by atoms with Crippen molar-refractivity contribution in [3.63, 3.8) is 0 Å². The summed E-state index contributed by atoms with van der Waals surface area (Å²) in [6.07, 6.45) is 8.73. The van der Waals surface area contributed by atoms with Crippen LogP contribution in [0.4, 0.5) is 0 Å². The zero-order valence-electron chi connectivity index (χ0n) is 12.3. The highest BCUT2D eigenvalue weighted by molar-refractivity contribution is 5.91. The number of carbonyl (C=O) groups is 1. The molecule has 0 radical (unpaired) electrons. The van der Waals surface area contributed by atoms with Gasteiger partial charge in [0.1, 0.15) is 5.75 Å². The van der Waals surface area contributed by atoms with Gasteiger partial charge in [-0.05, 0) is 42.4 Å². The molecule has 0 spiro atoms. The molecular weight excluding hydrogens is 268 g/mol. The smallest absolute Gasteiger partial charge is 0.246 e. The van der Waals surface area contributed by atoms with E-state index < -0.39 is 0 Å². The monoisotopic (exact) mass is 290 g/mol. The Morgan fingerprint density at radius 3 is 2.71 bits per heavy atom. The standard InChI is InChI=1S/C16H22N2O3/c1-2-16(12-19)5-7-18(8-6-16)15(21)4-3-13-9-14(20)11-17-10-13/h3-4,9-11,19-20H,2,5-8,12H2,1H3/b4-3+.